The Morgan fingerprint density at radius 1 is 1.02 bits per heavy atom. The number of rotatable bonds is 9. The lowest BCUT2D eigenvalue weighted by molar-refractivity contribution is -0.136. The number of methoxy groups -OCH3 is 1. The summed E-state index contributed by atoms with van der Waals surface area (Å²) in [6, 6.07) is 16.6. The SMILES string of the molecule is CCOc1ccc([C@@H]2C(C(=O)OC)=CN=c3s/c(=C/c4c(OC(C)C)ccc5ccccc45)c(=O)n32)cc1OCC. The molecule has 8 nitrogen and oxygen atoms in total. The lowest BCUT2D eigenvalue weighted by Gasteiger charge is -2.23. The van der Waals surface area contributed by atoms with Crippen LogP contribution in [0.5, 0.6) is 17.2 Å². The van der Waals surface area contributed by atoms with Crippen LogP contribution in [0, 0.1) is 0 Å². The van der Waals surface area contributed by atoms with Gasteiger partial charge in [0.15, 0.2) is 16.3 Å². The highest BCUT2D eigenvalue weighted by molar-refractivity contribution is 7.07. The maximum absolute atomic E-state index is 14.1. The van der Waals surface area contributed by atoms with Crippen molar-refractivity contribution in [2.45, 2.75) is 39.8 Å². The third-order valence-corrected chi connectivity index (χ3v) is 7.57. The molecular weight excluding hydrogens is 540 g/mol. The predicted molar refractivity (Wildman–Crippen MR) is 160 cm³/mol. The second-order valence-electron chi connectivity index (χ2n) is 9.61. The first-order chi connectivity index (χ1) is 19.9. The van der Waals surface area contributed by atoms with Gasteiger partial charge in [-0.2, -0.15) is 0 Å². The summed E-state index contributed by atoms with van der Waals surface area (Å²) >= 11 is 1.26. The van der Waals surface area contributed by atoms with Crippen LogP contribution in [0.2, 0.25) is 0 Å². The number of carbonyl (C=O) groups excluding carboxylic acids is 1. The summed E-state index contributed by atoms with van der Waals surface area (Å²) in [6.45, 7) is 8.61. The zero-order chi connectivity index (χ0) is 29.1. The topological polar surface area (TPSA) is 88.4 Å². The van der Waals surface area contributed by atoms with Gasteiger partial charge in [-0.1, -0.05) is 47.7 Å². The molecule has 0 saturated carbocycles. The normalized spacial score (nSPS) is 14.8. The number of fused-ring (bicyclic) bond motifs is 2. The van der Waals surface area contributed by atoms with Crippen LogP contribution in [-0.4, -0.2) is 37.0 Å². The van der Waals surface area contributed by atoms with Crippen molar-refractivity contribution < 1.29 is 23.7 Å². The Morgan fingerprint density at radius 2 is 1.76 bits per heavy atom. The molecule has 212 valence electrons. The maximum atomic E-state index is 14.1. The van der Waals surface area contributed by atoms with Gasteiger partial charge < -0.3 is 18.9 Å². The van der Waals surface area contributed by atoms with E-state index in [1.54, 1.807) is 16.7 Å². The third-order valence-electron chi connectivity index (χ3n) is 6.58. The molecule has 0 spiro atoms. The minimum atomic E-state index is -0.769. The van der Waals surface area contributed by atoms with Gasteiger partial charge in [0.05, 0.1) is 42.6 Å². The number of nitrogens with zero attached hydrogens (tertiary/aromatic N) is 2. The molecule has 0 saturated heterocycles. The van der Waals surface area contributed by atoms with Crippen molar-refractivity contribution in [1.82, 2.24) is 4.57 Å². The lowest BCUT2D eigenvalue weighted by atomic mass is 9.97. The van der Waals surface area contributed by atoms with Gasteiger partial charge in [0.1, 0.15) is 5.75 Å². The Balaban J connectivity index is 1.73. The van der Waals surface area contributed by atoms with E-state index in [0.717, 1.165) is 16.3 Å². The van der Waals surface area contributed by atoms with Gasteiger partial charge >= 0.3 is 5.97 Å². The summed E-state index contributed by atoms with van der Waals surface area (Å²) in [4.78, 5) is 32.0. The molecule has 0 radical (unpaired) electrons. The first-order valence-corrected chi connectivity index (χ1v) is 14.3. The molecule has 0 unspecified atom stereocenters. The molecule has 3 aromatic carbocycles. The monoisotopic (exact) mass is 572 g/mol. The number of benzene rings is 3. The van der Waals surface area contributed by atoms with Crippen molar-refractivity contribution in [2.24, 2.45) is 4.99 Å². The Kier molecular flexibility index (Phi) is 8.26. The summed E-state index contributed by atoms with van der Waals surface area (Å²) in [7, 11) is 1.31. The van der Waals surface area contributed by atoms with Crippen molar-refractivity contribution in [3.8, 4) is 17.2 Å². The van der Waals surface area contributed by atoms with Crippen LogP contribution < -0.4 is 29.1 Å². The summed E-state index contributed by atoms with van der Waals surface area (Å²) in [5, 5.41) is 2.00. The van der Waals surface area contributed by atoms with E-state index in [-0.39, 0.29) is 17.2 Å². The molecular formula is C32H32N2O6S. The summed E-state index contributed by atoms with van der Waals surface area (Å²) in [5.41, 5.74) is 1.45. The fourth-order valence-corrected chi connectivity index (χ4v) is 5.85. The highest BCUT2D eigenvalue weighted by Gasteiger charge is 2.31. The molecule has 1 aliphatic rings. The molecule has 0 aliphatic carbocycles. The second-order valence-corrected chi connectivity index (χ2v) is 10.6. The molecule has 0 N–H and O–H groups in total. The van der Waals surface area contributed by atoms with Crippen LogP contribution in [0.3, 0.4) is 0 Å². The minimum Gasteiger partial charge on any atom is -0.490 e. The van der Waals surface area contributed by atoms with Crippen LogP contribution in [0.25, 0.3) is 16.8 Å². The zero-order valence-corrected chi connectivity index (χ0v) is 24.5. The molecule has 0 fully saturated rings. The molecule has 41 heavy (non-hydrogen) atoms. The summed E-state index contributed by atoms with van der Waals surface area (Å²) in [5.74, 6) is 1.23. The first kappa shape index (κ1) is 28.2. The largest absolute Gasteiger partial charge is 0.490 e. The molecule has 1 aliphatic heterocycles. The highest BCUT2D eigenvalue weighted by atomic mass is 32.1. The van der Waals surface area contributed by atoms with E-state index in [2.05, 4.69) is 4.99 Å². The van der Waals surface area contributed by atoms with E-state index >= 15 is 0 Å². The third kappa shape index (κ3) is 5.50. The van der Waals surface area contributed by atoms with Crippen LogP contribution >= 0.6 is 11.3 Å². The summed E-state index contributed by atoms with van der Waals surface area (Å²) < 4.78 is 24.8. The van der Waals surface area contributed by atoms with E-state index < -0.39 is 12.0 Å². The minimum absolute atomic E-state index is 0.0497. The fourth-order valence-electron chi connectivity index (χ4n) is 4.90. The maximum Gasteiger partial charge on any atom is 0.337 e. The quantitative estimate of drug-likeness (QED) is 0.269. The second kappa shape index (κ2) is 12.0. The van der Waals surface area contributed by atoms with Gasteiger partial charge in [0, 0.05) is 11.8 Å². The summed E-state index contributed by atoms with van der Waals surface area (Å²) in [6.07, 6.45) is 3.28. The van der Waals surface area contributed by atoms with Crippen LogP contribution in [0.4, 0.5) is 0 Å². The van der Waals surface area contributed by atoms with Gasteiger partial charge in [0.2, 0.25) is 0 Å². The van der Waals surface area contributed by atoms with Crippen molar-refractivity contribution in [3.05, 3.63) is 97.2 Å². The average molecular weight is 573 g/mol. The molecule has 1 aromatic heterocycles. The standard InChI is InChI=1S/C32H32N2O6S/c1-6-38-26-15-13-21(16-27(26)39-7-2)29-24(31(36)37-5)18-33-32-34(29)30(35)28(41-32)17-23-22-11-9-8-10-20(22)12-14-25(23)40-19(3)4/h8-19,29H,6-7H2,1-5H3/b28-17+/t29-/m1/s1. The fraction of sp³-hybridized carbons (Fsp3) is 0.281. The zero-order valence-electron chi connectivity index (χ0n) is 23.7. The Hall–Kier alpha value is -4.37. The van der Waals surface area contributed by atoms with Gasteiger partial charge in [0.25, 0.3) is 5.56 Å². The van der Waals surface area contributed by atoms with Gasteiger partial charge in [-0.25, -0.2) is 9.79 Å². The van der Waals surface area contributed by atoms with E-state index in [9.17, 15) is 9.59 Å². The lowest BCUT2D eigenvalue weighted by Crippen LogP contribution is -2.39. The number of thiazole rings is 1. The van der Waals surface area contributed by atoms with Crippen LogP contribution in [0.1, 0.15) is 44.9 Å². The van der Waals surface area contributed by atoms with Crippen molar-refractivity contribution in [2.75, 3.05) is 20.3 Å². The van der Waals surface area contributed by atoms with Crippen LogP contribution in [0.15, 0.2) is 76.2 Å². The van der Waals surface area contributed by atoms with E-state index in [0.29, 0.717) is 45.4 Å². The Bertz CT molecular complexity index is 1820. The van der Waals surface area contributed by atoms with E-state index in [1.165, 1.54) is 24.6 Å². The number of hydrogen-bond donors (Lipinski definition) is 0. The van der Waals surface area contributed by atoms with Crippen molar-refractivity contribution in [1.29, 1.82) is 0 Å². The van der Waals surface area contributed by atoms with Gasteiger partial charge in [-0.3, -0.25) is 9.36 Å². The number of hydrogen-bond acceptors (Lipinski definition) is 8. The number of esters is 1. The molecule has 9 heteroatoms. The molecule has 0 amide bonds. The molecule has 4 aromatic rings. The van der Waals surface area contributed by atoms with Crippen molar-refractivity contribution >= 4 is 34.2 Å². The van der Waals surface area contributed by atoms with Crippen molar-refractivity contribution in [3.63, 3.8) is 0 Å². The van der Waals surface area contributed by atoms with Crippen LogP contribution in [-0.2, 0) is 9.53 Å². The highest BCUT2D eigenvalue weighted by Crippen LogP contribution is 2.35. The van der Waals surface area contributed by atoms with E-state index in [1.807, 2.05) is 76.2 Å². The van der Waals surface area contributed by atoms with Gasteiger partial charge in [-0.05, 0) is 68.3 Å². The Morgan fingerprint density at radius 3 is 2.49 bits per heavy atom. The average Bonchev–Trinajstić information content (AvgIpc) is 3.29. The molecule has 2 heterocycles. The molecule has 0 bridgehead atoms. The first-order valence-electron chi connectivity index (χ1n) is 13.5. The molecule has 5 rings (SSSR count). The number of aromatic nitrogens is 1. The van der Waals surface area contributed by atoms with E-state index in [4.69, 9.17) is 18.9 Å². The number of carbonyl (C=O) groups is 1. The number of ether oxygens (including phenoxy) is 4. The molecule has 1 atom stereocenters. The smallest absolute Gasteiger partial charge is 0.337 e. The predicted octanol–water partition coefficient (Wildman–Crippen LogP) is 4.76. The van der Waals surface area contributed by atoms with Gasteiger partial charge in [-0.15, -0.1) is 0 Å². The Labute approximate surface area is 241 Å².